The van der Waals surface area contributed by atoms with Gasteiger partial charge in [0.25, 0.3) is 5.91 Å². The summed E-state index contributed by atoms with van der Waals surface area (Å²) in [7, 11) is 0. The van der Waals surface area contributed by atoms with Gasteiger partial charge in [0.05, 0.1) is 16.9 Å². The highest BCUT2D eigenvalue weighted by molar-refractivity contribution is 9.10. The second-order valence-electron chi connectivity index (χ2n) is 5.79. The summed E-state index contributed by atoms with van der Waals surface area (Å²) in [4.78, 5) is 29.3. The average molecular weight is 410 g/mol. The smallest absolute Gasteiger partial charge is 0.257 e. The molecule has 0 unspecified atom stereocenters. The van der Waals surface area contributed by atoms with E-state index in [9.17, 15) is 9.59 Å². The Kier molecular flexibility index (Phi) is 5.14. The van der Waals surface area contributed by atoms with E-state index < -0.39 is 0 Å². The third-order valence-corrected chi connectivity index (χ3v) is 4.40. The van der Waals surface area contributed by atoms with E-state index in [1.54, 1.807) is 30.3 Å². The van der Waals surface area contributed by atoms with Gasteiger partial charge in [-0.25, -0.2) is 0 Å². The molecule has 0 saturated heterocycles. The molecule has 5 nitrogen and oxygen atoms in total. The molecule has 3 rings (SSSR count). The van der Waals surface area contributed by atoms with Crippen LogP contribution in [0.3, 0.4) is 0 Å². The number of nitrogens with two attached hydrogens (primary N) is 1. The maximum Gasteiger partial charge on any atom is 0.257 e. The summed E-state index contributed by atoms with van der Waals surface area (Å²) < 4.78 is 0.901. The highest BCUT2D eigenvalue weighted by Crippen LogP contribution is 2.20. The summed E-state index contributed by atoms with van der Waals surface area (Å²) in [6.45, 7) is 1.86. The Hall–Kier alpha value is -2.99. The summed E-state index contributed by atoms with van der Waals surface area (Å²) in [5, 5.41) is 2.73. The van der Waals surface area contributed by atoms with Crippen molar-refractivity contribution in [2.75, 3.05) is 11.1 Å². The number of benzene rings is 2. The van der Waals surface area contributed by atoms with Crippen molar-refractivity contribution in [3.8, 4) is 0 Å². The lowest BCUT2D eigenvalue weighted by Crippen LogP contribution is -2.14. The number of nitrogens with zero attached hydrogens (tertiary/aromatic N) is 1. The van der Waals surface area contributed by atoms with E-state index in [0.717, 1.165) is 10.0 Å². The van der Waals surface area contributed by atoms with Crippen molar-refractivity contribution in [2.24, 2.45) is 0 Å². The number of carbonyl (C=O) groups is 2. The average Bonchev–Trinajstić information content (AvgIpc) is 2.63. The minimum atomic E-state index is -0.377. The van der Waals surface area contributed by atoms with Gasteiger partial charge in [-0.15, -0.1) is 0 Å². The van der Waals surface area contributed by atoms with E-state index in [1.807, 2.05) is 19.1 Å². The lowest BCUT2D eigenvalue weighted by molar-refractivity contribution is 0.102. The summed E-state index contributed by atoms with van der Waals surface area (Å²) in [6, 6.07) is 13.9. The molecule has 0 fully saturated rings. The van der Waals surface area contributed by atoms with Crippen LogP contribution in [0.1, 0.15) is 31.8 Å². The highest BCUT2D eigenvalue weighted by Gasteiger charge is 2.15. The molecule has 0 aliphatic carbocycles. The number of ketones is 1. The van der Waals surface area contributed by atoms with Gasteiger partial charge >= 0.3 is 0 Å². The van der Waals surface area contributed by atoms with Crippen molar-refractivity contribution in [3.63, 3.8) is 0 Å². The van der Waals surface area contributed by atoms with Gasteiger partial charge in [-0.05, 0) is 48.9 Å². The van der Waals surface area contributed by atoms with Crippen molar-refractivity contribution in [2.45, 2.75) is 6.92 Å². The number of aryl methyl sites for hydroxylation is 1. The molecule has 3 aromatic rings. The van der Waals surface area contributed by atoms with Crippen LogP contribution in [0.2, 0.25) is 0 Å². The largest absolute Gasteiger partial charge is 0.397 e. The molecule has 6 heteroatoms. The second kappa shape index (κ2) is 7.49. The molecule has 1 heterocycles. The molecule has 1 amide bonds. The number of halogens is 1. The van der Waals surface area contributed by atoms with Crippen molar-refractivity contribution in [3.05, 3.63) is 87.7 Å². The van der Waals surface area contributed by atoms with Gasteiger partial charge < -0.3 is 11.1 Å². The normalized spacial score (nSPS) is 10.4. The molecule has 0 spiro atoms. The van der Waals surface area contributed by atoms with E-state index >= 15 is 0 Å². The van der Waals surface area contributed by atoms with Gasteiger partial charge in [0.2, 0.25) is 0 Å². The number of nitrogen functional groups attached to an aromatic ring is 1. The summed E-state index contributed by atoms with van der Waals surface area (Å²) in [5.74, 6) is -0.561. The number of amides is 1. The van der Waals surface area contributed by atoms with Crippen LogP contribution in [0.15, 0.2) is 65.4 Å². The third kappa shape index (κ3) is 3.81. The molecule has 0 atom stereocenters. The number of nitrogens with one attached hydrogen (secondary N) is 1. The first-order chi connectivity index (χ1) is 12.5. The molecular formula is C20H16BrN3O2. The zero-order valence-electron chi connectivity index (χ0n) is 14.0. The molecule has 26 heavy (non-hydrogen) atoms. The molecule has 130 valence electrons. The Morgan fingerprint density at radius 2 is 1.77 bits per heavy atom. The molecule has 0 aliphatic heterocycles. The SMILES string of the molecule is Cc1cc(Br)ccc1C(=O)c1cncc(C(=O)Nc2ccccc2N)c1. The molecule has 3 N–H and O–H groups in total. The fraction of sp³-hybridized carbons (Fsp3) is 0.0500. The van der Waals surface area contributed by atoms with Crippen LogP contribution in [0.5, 0.6) is 0 Å². The van der Waals surface area contributed by atoms with Crippen molar-refractivity contribution in [1.82, 2.24) is 4.98 Å². The highest BCUT2D eigenvalue weighted by atomic mass is 79.9. The number of aromatic nitrogens is 1. The van der Waals surface area contributed by atoms with Crippen LogP contribution >= 0.6 is 15.9 Å². The van der Waals surface area contributed by atoms with Crippen molar-refractivity contribution >= 4 is 39.0 Å². The Balaban J connectivity index is 1.87. The van der Waals surface area contributed by atoms with E-state index in [4.69, 9.17) is 5.73 Å². The van der Waals surface area contributed by atoms with E-state index in [-0.39, 0.29) is 17.3 Å². The third-order valence-electron chi connectivity index (χ3n) is 3.90. The molecule has 0 saturated carbocycles. The lowest BCUT2D eigenvalue weighted by Gasteiger charge is -2.09. The Labute approximate surface area is 159 Å². The van der Waals surface area contributed by atoms with Gasteiger partial charge in [0, 0.05) is 28.0 Å². The second-order valence-corrected chi connectivity index (χ2v) is 6.71. The zero-order chi connectivity index (χ0) is 18.7. The van der Waals surface area contributed by atoms with Gasteiger partial charge in [-0.2, -0.15) is 0 Å². The Morgan fingerprint density at radius 3 is 2.50 bits per heavy atom. The minimum absolute atomic E-state index is 0.184. The first-order valence-corrected chi connectivity index (χ1v) is 8.67. The number of pyridine rings is 1. The van der Waals surface area contributed by atoms with Crippen LogP contribution in [0, 0.1) is 6.92 Å². The fourth-order valence-corrected chi connectivity index (χ4v) is 3.01. The first-order valence-electron chi connectivity index (χ1n) is 7.87. The maximum atomic E-state index is 12.8. The summed E-state index contributed by atoms with van der Waals surface area (Å²) >= 11 is 3.38. The fourth-order valence-electron chi connectivity index (χ4n) is 2.53. The molecule has 0 radical (unpaired) electrons. The lowest BCUT2D eigenvalue weighted by atomic mass is 9.99. The quantitative estimate of drug-likeness (QED) is 0.498. The van der Waals surface area contributed by atoms with Crippen molar-refractivity contribution in [1.29, 1.82) is 0 Å². The first kappa shape index (κ1) is 17.8. The Morgan fingerprint density at radius 1 is 1.04 bits per heavy atom. The van der Waals surface area contributed by atoms with Crippen LogP contribution in [0.4, 0.5) is 11.4 Å². The van der Waals surface area contributed by atoms with Gasteiger partial charge in [0.1, 0.15) is 0 Å². The van der Waals surface area contributed by atoms with Gasteiger partial charge in [-0.3, -0.25) is 14.6 Å². The van der Waals surface area contributed by atoms with E-state index in [1.165, 1.54) is 18.5 Å². The van der Waals surface area contributed by atoms with Crippen LogP contribution in [0.25, 0.3) is 0 Å². The predicted molar refractivity (Wildman–Crippen MR) is 105 cm³/mol. The predicted octanol–water partition coefficient (Wildman–Crippen LogP) is 4.22. The number of hydrogen-bond donors (Lipinski definition) is 2. The number of anilines is 2. The molecule has 2 aromatic carbocycles. The molecule has 0 bridgehead atoms. The van der Waals surface area contributed by atoms with E-state index in [0.29, 0.717) is 22.5 Å². The van der Waals surface area contributed by atoms with Crippen LogP contribution in [-0.2, 0) is 0 Å². The zero-order valence-corrected chi connectivity index (χ0v) is 15.6. The standard InChI is InChI=1S/C20H16BrN3O2/c1-12-8-15(21)6-7-16(12)19(25)13-9-14(11-23-10-13)20(26)24-18-5-3-2-4-17(18)22/h2-11H,22H2,1H3,(H,24,26). The monoisotopic (exact) mass is 409 g/mol. The van der Waals surface area contributed by atoms with Crippen molar-refractivity contribution < 1.29 is 9.59 Å². The van der Waals surface area contributed by atoms with Gasteiger partial charge in [0.15, 0.2) is 5.78 Å². The van der Waals surface area contributed by atoms with Crippen LogP contribution in [-0.4, -0.2) is 16.7 Å². The summed E-state index contributed by atoms with van der Waals surface area (Å²) in [6.07, 6.45) is 2.87. The van der Waals surface area contributed by atoms with Crippen LogP contribution < -0.4 is 11.1 Å². The number of hydrogen-bond acceptors (Lipinski definition) is 4. The molecular weight excluding hydrogens is 394 g/mol. The summed E-state index contributed by atoms with van der Waals surface area (Å²) in [5.41, 5.74) is 8.87. The van der Waals surface area contributed by atoms with Gasteiger partial charge in [-0.1, -0.05) is 28.1 Å². The van der Waals surface area contributed by atoms with E-state index in [2.05, 4.69) is 26.2 Å². The molecule has 1 aromatic heterocycles. The molecule has 0 aliphatic rings. The minimum Gasteiger partial charge on any atom is -0.397 e. The number of carbonyl (C=O) groups excluding carboxylic acids is 2. The topological polar surface area (TPSA) is 85.1 Å². The maximum absolute atomic E-state index is 12.8. The Bertz CT molecular complexity index is 1000. The number of rotatable bonds is 4. The number of para-hydroxylation sites is 2.